The third kappa shape index (κ3) is 4.06. The van der Waals surface area contributed by atoms with E-state index in [0.29, 0.717) is 29.6 Å². The molecule has 0 saturated carbocycles. The smallest absolute Gasteiger partial charge is 0.257 e. The minimum Gasteiger partial charge on any atom is -0.431 e. The third-order valence-corrected chi connectivity index (χ3v) is 7.18. The molecule has 1 aromatic heterocycles. The van der Waals surface area contributed by atoms with Gasteiger partial charge in [0.15, 0.2) is 5.58 Å². The van der Waals surface area contributed by atoms with Crippen LogP contribution in [0.4, 0.5) is 5.69 Å². The van der Waals surface area contributed by atoms with Crippen LogP contribution in [0.25, 0.3) is 11.1 Å². The number of aromatic nitrogens is 1. The molecule has 0 bridgehead atoms. The van der Waals surface area contributed by atoms with Gasteiger partial charge in [0.2, 0.25) is 15.9 Å². The van der Waals surface area contributed by atoms with Crippen molar-refractivity contribution in [2.24, 2.45) is 0 Å². The first-order chi connectivity index (χ1) is 13.5. The summed E-state index contributed by atoms with van der Waals surface area (Å²) >= 11 is 1.21. The van der Waals surface area contributed by atoms with E-state index in [0.717, 1.165) is 18.4 Å². The minimum absolute atomic E-state index is 0.140. The zero-order valence-corrected chi connectivity index (χ0v) is 16.6. The largest absolute Gasteiger partial charge is 0.431 e. The van der Waals surface area contributed by atoms with E-state index in [1.165, 1.54) is 28.2 Å². The average Bonchev–Trinajstić information content (AvgIpc) is 3.36. The Bertz CT molecular complexity index is 1050. The number of carbonyl (C=O) groups is 1. The van der Waals surface area contributed by atoms with Gasteiger partial charge in [-0.1, -0.05) is 23.9 Å². The lowest BCUT2D eigenvalue weighted by molar-refractivity contribution is -0.113. The quantitative estimate of drug-likeness (QED) is 0.619. The number of anilines is 1. The maximum atomic E-state index is 12.5. The van der Waals surface area contributed by atoms with Crippen LogP contribution >= 0.6 is 11.8 Å². The molecule has 2 heterocycles. The van der Waals surface area contributed by atoms with Crippen molar-refractivity contribution in [1.82, 2.24) is 9.29 Å². The molecule has 4 rings (SSSR count). The van der Waals surface area contributed by atoms with Crippen LogP contribution in [0.3, 0.4) is 0 Å². The highest BCUT2D eigenvalue weighted by Gasteiger charge is 2.26. The van der Waals surface area contributed by atoms with Gasteiger partial charge >= 0.3 is 0 Å². The Labute approximate surface area is 167 Å². The van der Waals surface area contributed by atoms with Gasteiger partial charge in [-0.25, -0.2) is 13.4 Å². The van der Waals surface area contributed by atoms with Gasteiger partial charge in [-0.15, -0.1) is 0 Å². The molecule has 1 N–H and O–H groups in total. The first kappa shape index (κ1) is 19.0. The number of amides is 1. The molecule has 1 aliphatic heterocycles. The van der Waals surface area contributed by atoms with Gasteiger partial charge < -0.3 is 9.73 Å². The lowest BCUT2D eigenvalue weighted by Crippen LogP contribution is -2.27. The second kappa shape index (κ2) is 7.94. The number of hydrogen-bond donors (Lipinski definition) is 1. The Morgan fingerprint density at radius 1 is 1.11 bits per heavy atom. The summed E-state index contributed by atoms with van der Waals surface area (Å²) in [6.45, 7) is 1.13. The second-order valence-electron chi connectivity index (χ2n) is 6.42. The summed E-state index contributed by atoms with van der Waals surface area (Å²) in [5, 5.41) is 3.19. The van der Waals surface area contributed by atoms with Crippen molar-refractivity contribution in [1.29, 1.82) is 0 Å². The summed E-state index contributed by atoms with van der Waals surface area (Å²) in [7, 11) is -3.45. The Balaban J connectivity index is 1.35. The van der Waals surface area contributed by atoms with E-state index in [9.17, 15) is 13.2 Å². The normalized spacial score (nSPS) is 15.1. The average molecular weight is 418 g/mol. The van der Waals surface area contributed by atoms with Crippen molar-refractivity contribution >= 4 is 44.5 Å². The Kier molecular flexibility index (Phi) is 5.38. The molecule has 1 amide bonds. The first-order valence-corrected chi connectivity index (χ1v) is 11.3. The van der Waals surface area contributed by atoms with Gasteiger partial charge in [-0.2, -0.15) is 4.31 Å². The summed E-state index contributed by atoms with van der Waals surface area (Å²) in [6.07, 6.45) is 1.79. The molecule has 28 heavy (non-hydrogen) atoms. The van der Waals surface area contributed by atoms with Crippen LogP contribution in [0.1, 0.15) is 12.8 Å². The fraction of sp³-hybridized carbons (Fsp3) is 0.263. The molecule has 0 aliphatic carbocycles. The molecule has 9 heteroatoms. The predicted octanol–water partition coefficient (Wildman–Crippen LogP) is 3.34. The van der Waals surface area contributed by atoms with Crippen LogP contribution in [0.15, 0.2) is 63.1 Å². The lowest BCUT2D eigenvalue weighted by atomic mass is 10.3. The summed E-state index contributed by atoms with van der Waals surface area (Å²) in [5.74, 6) is -0.0805. The Hall–Kier alpha value is -2.36. The maximum absolute atomic E-state index is 12.5. The van der Waals surface area contributed by atoms with Crippen molar-refractivity contribution in [2.45, 2.75) is 23.0 Å². The molecule has 0 atom stereocenters. The molecule has 7 nitrogen and oxygen atoms in total. The van der Waals surface area contributed by atoms with Crippen LogP contribution in [0.5, 0.6) is 0 Å². The SMILES string of the molecule is O=C(CSc1nc2ccccc2o1)Nc1ccc(S(=O)(=O)N2CCCC2)cc1. The fourth-order valence-corrected chi connectivity index (χ4v) is 5.18. The van der Waals surface area contributed by atoms with Crippen molar-refractivity contribution in [3.05, 3.63) is 48.5 Å². The standard InChI is InChI=1S/C19H19N3O4S2/c23-18(13-27-19-21-16-5-1-2-6-17(16)26-19)20-14-7-9-15(10-8-14)28(24,25)22-11-3-4-12-22/h1-2,5-10H,3-4,11-13H2,(H,20,23). The van der Waals surface area contributed by atoms with Gasteiger partial charge in [0, 0.05) is 18.8 Å². The molecular weight excluding hydrogens is 398 g/mol. The highest BCUT2D eigenvalue weighted by atomic mass is 32.2. The highest BCUT2D eigenvalue weighted by Crippen LogP contribution is 2.24. The predicted molar refractivity (Wildman–Crippen MR) is 108 cm³/mol. The highest BCUT2D eigenvalue weighted by molar-refractivity contribution is 7.99. The van der Waals surface area contributed by atoms with Gasteiger partial charge in [0.1, 0.15) is 5.52 Å². The summed E-state index contributed by atoms with van der Waals surface area (Å²) in [5.41, 5.74) is 1.98. The number of nitrogens with one attached hydrogen (secondary N) is 1. The number of sulfonamides is 1. The van der Waals surface area contributed by atoms with Crippen molar-refractivity contribution in [2.75, 3.05) is 24.2 Å². The number of para-hydroxylation sites is 2. The van der Waals surface area contributed by atoms with E-state index >= 15 is 0 Å². The summed E-state index contributed by atoms with van der Waals surface area (Å²) in [4.78, 5) is 16.7. The van der Waals surface area contributed by atoms with E-state index in [-0.39, 0.29) is 16.6 Å². The number of thioether (sulfide) groups is 1. The molecule has 2 aromatic carbocycles. The molecular formula is C19H19N3O4S2. The minimum atomic E-state index is -3.45. The summed E-state index contributed by atoms with van der Waals surface area (Å²) < 4.78 is 32.1. The van der Waals surface area contributed by atoms with Gasteiger partial charge in [0.05, 0.1) is 10.6 Å². The number of oxazole rings is 1. The number of carbonyl (C=O) groups excluding carboxylic acids is 1. The molecule has 1 saturated heterocycles. The number of nitrogens with zero attached hydrogens (tertiary/aromatic N) is 2. The summed E-state index contributed by atoms with van der Waals surface area (Å²) in [6, 6.07) is 13.7. The second-order valence-corrected chi connectivity index (χ2v) is 9.28. The van der Waals surface area contributed by atoms with Crippen molar-refractivity contribution in [3.63, 3.8) is 0 Å². The van der Waals surface area contributed by atoms with E-state index in [1.807, 2.05) is 24.3 Å². The monoisotopic (exact) mass is 417 g/mol. The molecule has 1 aliphatic rings. The van der Waals surface area contributed by atoms with Gasteiger partial charge in [-0.05, 0) is 49.2 Å². The van der Waals surface area contributed by atoms with Crippen molar-refractivity contribution < 1.29 is 17.6 Å². The number of rotatable bonds is 6. The van der Waals surface area contributed by atoms with E-state index < -0.39 is 10.0 Å². The lowest BCUT2D eigenvalue weighted by Gasteiger charge is -2.15. The van der Waals surface area contributed by atoms with Gasteiger partial charge in [0.25, 0.3) is 5.22 Å². The van der Waals surface area contributed by atoms with Crippen LogP contribution in [-0.2, 0) is 14.8 Å². The molecule has 0 spiro atoms. The topological polar surface area (TPSA) is 92.5 Å². The van der Waals surface area contributed by atoms with Crippen molar-refractivity contribution in [3.8, 4) is 0 Å². The number of benzene rings is 2. The molecule has 0 unspecified atom stereocenters. The molecule has 146 valence electrons. The number of hydrogen-bond acceptors (Lipinski definition) is 6. The van der Waals surface area contributed by atoms with Crippen LogP contribution < -0.4 is 5.32 Å². The third-order valence-electron chi connectivity index (χ3n) is 4.44. The zero-order valence-electron chi connectivity index (χ0n) is 15.0. The van der Waals surface area contributed by atoms with E-state index in [1.54, 1.807) is 12.1 Å². The first-order valence-electron chi connectivity index (χ1n) is 8.91. The van der Waals surface area contributed by atoms with Crippen LogP contribution in [0, 0.1) is 0 Å². The Morgan fingerprint density at radius 2 is 1.82 bits per heavy atom. The molecule has 0 radical (unpaired) electrons. The zero-order chi connectivity index (χ0) is 19.6. The van der Waals surface area contributed by atoms with Crippen LogP contribution in [0.2, 0.25) is 0 Å². The molecule has 3 aromatic rings. The van der Waals surface area contributed by atoms with Gasteiger partial charge in [-0.3, -0.25) is 4.79 Å². The fourth-order valence-electron chi connectivity index (χ4n) is 3.02. The molecule has 1 fully saturated rings. The maximum Gasteiger partial charge on any atom is 0.257 e. The van der Waals surface area contributed by atoms with E-state index in [4.69, 9.17) is 4.42 Å². The number of fused-ring (bicyclic) bond motifs is 1. The van der Waals surface area contributed by atoms with Crippen LogP contribution in [-0.4, -0.2) is 42.5 Å². The van der Waals surface area contributed by atoms with E-state index in [2.05, 4.69) is 10.3 Å². The Morgan fingerprint density at radius 3 is 2.54 bits per heavy atom.